The van der Waals surface area contributed by atoms with Gasteiger partial charge in [-0.2, -0.15) is 0 Å². The van der Waals surface area contributed by atoms with Crippen LogP contribution >= 0.6 is 11.3 Å². The minimum absolute atomic E-state index is 0.0290. The van der Waals surface area contributed by atoms with Crippen LogP contribution in [0.2, 0.25) is 0 Å². The van der Waals surface area contributed by atoms with Crippen molar-refractivity contribution in [1.29, 1.82) is 0 Å². The normalized spacial score (nSPS) is 23.5. The predicted octanol–water partition coefficient (Wildman–Crippen LogP) is 2.69. The van der Waals surface area contributed by atoms with Crippen LogP contribution in [0.5, 0.6) is 0 Å². The Kier molecular flexibility index (Phi) is 4.08. The molecule has 0 aromatic carbocycles. The summed E-state index contributed by atoms with van der Waals surface area (Å²) >= 11 is 1.77. The number of aryl methyl sites for hydroxylation is 1. The highest BCUT2D eigenvalue weighted by Gasteiger charge is 2.59. The fourth-order valence-corrected chi connectivity index (χ4v) is 3.76. The summed E-state index contributed by atoms with van der Waals surface area (Å²) in [6, 6.07) is 4.26. The van der Waals surface area contributed by atoms with E-state index in [-0.39, 0.29) is 17.6 Å². The van der Waals surface area contributed by atoms with Gasteiger partial charge in [-0.1, -0.05) is 13.8 Å². The maximum absolute atomic E-state index is 12.6. The highest BCUT2D eigenvalue weighted by atomic mass is 32.1. The van der Waals surface area contributed by atoms with E-state index >= 15 is 0 Å². The van der Waals surface area contributed by atoms with E-state index < -0.39 is 0 Å². The zero-order valence-corrected chi connectivity index (χ0v) is 13.8. The average Bonchev–Trinajstić information content (AvgIpc) is 3.01. The number of hydrogen-bond donors (Lipinski definition) is 1. The Labute approximate surface area is 130 Å². The van der Waals surface area contributed by atoms with E-state index in [2.05, 4.69) is 38.2 Å². The highest BCUT2D eigenvalue weighted by Crippen LogP contribution is 2.46. The lowest BCUT2D eigenvalue weighted by molar-refractivity contribution is -0.131. The van der Waals surface area contributed by atoms with Crippen LogP contribution in [-0.2, 0) is 9.53 Å². The van der Waals surface area contributed by atoms with E-state index in [0.29, 0.717) is 19.1 Å². The molecule has 1 atom stereocenters. The maximum Gasteiger partial charge on any atom is 0.244 e. The number of amides is 1. The van der Waals surface area contributed by atoms with Crippen LogP contribution in [0.25, 0.3) is 0 Å². The van der Waals surface area contributed by atoms with Crippen LogP contribution in [0.4, 0.5) is 0 Å². The molecule has 1 spiro atoms. The zero-order valence-electron chi connectivity index (χ0n) is 13.0. The SMILES string of the molecule is Cc1ccc(C2NC3(CC3)C(=O)N2CCOCC(C)C)s1. The third-order valence-corrected chi connectivity index (χ3v) is 5.16. The lowest BCUT2D eigenvalue weighted by Crippen LogP contribution is -2.34. The van der Waals surface area contributed by atoms with Crippen molar-refractivity contribution in [3.8, 4) is 0 Å². The third-order valence-electron chi connectivity index (χ3n) is 4.10. The summed E-state index contributed by atoms with van der Waals surface area (Å²) in [4.78, 5) is 17.1. The van der Waals surface area contributed by atoms with Gasteiger partial charge in [0, 0.05) is 22.9 Å². The molecule has 1 N–H and O–H groups in total. The molecule has 3 rings (SSSR count). The summed E-state index contributed by atoms with van der Waals surface area (Å²) in [5.74, 6) is 0.787. The predicted molar refractivity (Wildman–Crippen MR) is 84.3 cm³/mol. The van der Waals surface area contributed by atoms with Crippen molar-refractivity contribution in [2.75, 3.05) is 19.8 Å². The molecule has 1 unspecified atom stereocenters. The lowest BCUT2D eigenvalue weighted by Gasteiger charge is -2.23. The van der Waals surface area contributed by atoms with Crippen molar-refractivity contribution in [3.63, 3.8) is 0 Å². The first kappa shape index (κ1) is 15.0. The van der Waals surface area contributed by atoms with Crippen LogP contribution in [0, 0.1) is 12.8 Å². The number of thiophene rings is 1. The van der Waals surface area contributed by atoms with Gasteiger partial charge < -0.3 is 9.64 Å². The second-order valence-electron chi connectivity index (χ2n) is 6.54. The summed E-state index contributed by atoms with van der Waals surface area (Å²) in [6.45, 7) is 8.42. The number of carbonyl (C=O) groups excluding carboxylic acids is 1. The minimum Gasteiger partial charge on any atom is -0.379 e. The van der Waals surface area contributed by atoms with Crippen LogP contribution in [0.15, 0.2) is 12.1 Å². The molecule has 1 amide bonds. The van der Waals surface area contributed by atoms with Gasteiger partial charge in [0.2, 0.25) is 5.91 Å². The van der Waals surface area contributed by atoms with Crippen LogP contribution in [-0.4, -0.2) is 36.1 Å². The second kappa shape index (κ2) is 5.71. The molecule has 1 aromatic rings. The molecule has 1 aromatic heterocycles. The first-order valence-corrected chi connectivity index (χ1v) is 8.56. The molecule has 21 heavy (non-hydrogen) atoms. The Morgan fingerprint density at radius 1 is 1.48 bits per heavy atom. The molecule has 2 aliphatic rings. The fourth-order valence-electron chi connectivity index (χ4n) is 2.81. The summed E-state index contributed by atoms with van der Waals surface area (Å²) in [5.41, 5.74) is -0.263. The molecule has 1 saturated heterocycles. The van der Waals surface area contributed by atoms with E-state index in [1.807, 2.05) is 4.90 Å². The van der Waals surface area contributed by atoms with Gasteiger partial charge in [-0.05, 0) is 37.8 Å². The van der Waals surface area contributed by atoms with Crippen molar-refractivity contribution in [1.82, 2.24) is 10.2 Å². The molecular weight excluding hydrogens is 284 g/mol. The van der Waals surface area contributed by atoms with Crippen LogP contribution in [0.1, 0.15) is 42.6 Å². The summed E-state index contributed by atoms with van der Waals surface area (Å²) in [5, 5.41) is 3.55. The first-order chi connectivity index (χ1) is 10.0. The van der Waals surface area contributed by atoms with Crippen molar-refractivity contribution in [2.24, 2.45) is 5.92 Å². The Balaban J connectivity index is 1.67. The smallest absolute Gasteiger partial charge is 0.244 e. The Bertz CT molecular complexity index is 522. The van der Waals surface area contributed by atoms with Gasteiger partial charge in [-0.15, -0.1) is 11.3 Å². The van der Waals surface area contributed by atoms with Gasteiger partial charge in [0.1, 0.15) is 11.7 Å². The molecule has 5 heteroatoms. The first-order valence-electron chi connectivity index (χ1n) is 7.75. The highest BCUT2D eigenvalue weighted by molar-refractivity contribution is 7.12. The molecule has 1 saturated carbocycles. The monoisotopic (exact) mass is 308 g/mol. The molecule has 116 valence electrons. The van der Waals surface area contributed by atoms with E-state index in [1.54, 1.807) is 11.3 Å². The van der Waals surface area contributed by atoms with Gasteiger partial charge in [-0.25, -0.2) is 0 Å². The number of hydrogen-bond acceptors (Lipinski definition) is 4. The number of nitrogens with zero attached hydrogens (tertiary/aromatic N) is 1. The molecule has 0 radical (unpaired) electrons. The minimum atomic E-state index is -0.263. The molecule has 2 heterocycles. The molecule has 2 fully saturated rings. The van der Waals surface area contributed by atoms with Gasteiger partial charge in [-0.3, -0.25) is 10.1 Å². The molecule has 1 aliphatic heterocycles. The maximum atomic E-state index is 12.6. The molecule has 1 aliphatic carbocycles. The summed E-state index contributed by atoms with van der Waals surface area (Å²) in [7, 11) is 0. The van der Waals surface area contributed by atoms with Crippen LogP contribution in [0.3, 0.4) is 0 Å². The van der Waals surface area contributed by atoms with Crippen molar-refractivity contribution < 1.29 is 9.53 Å². The molecular formula is C16H24N2O2S. The summed E-state index contributed by atoms with van der Waals surface area (Å²) < 4.78 is 5.67. The molecule has 4 nitrogen and oxygen atoms in total. The fraction of sp³-hybridized carbons (Fsp3) is 0.688. The topological polar surface area (TPSA) is 41.6 Å². The lowest BCUT2D eigenvalue weighted by atomic mass is 10.2. The Morgan fingerprint density at radius 3 is 2.81 bits per heavy atom. The van der Waals surface area contributed by atoms with E-state index in [9.17, 15) is 4.79 Å². The zero-order chi connectivity index (χ0) is 15.0. The van der Waals surface area contributed by atoms with E-state index in [0.717, 1.165) is 19.4 Å². The number of rotatable bonds is 6. The Hall–Kier alpha value is -0.910. The third kappa shape index (κ3) is 3.00. The Morgan fingerprint density at radius 2 is 2.24 bits per heavy atom. The van der Waals surface area contributed by atoms with Gasteiger partial charge in [0.25, 0.3) is 0 Å². The van der Waals surface area contributed by atoms with Crippen molar-refractivity contribution in [3.05, 3.63) is 21.9 Å². The second-order valence-corrected chi connectivity index (χ2v) is 7.86. The van der Waals surface area contributed by atoms with Gasteiger partial charge >= 0.3 is 0 Å². The van der Waals surface area contributed by atoms with Crippen molar-refractivity contribution in [2.45, 2.75) is 45.3 Å². The van der Waals surface area contributed by atoms with Crippen molar-refractivity contribution >= 4 is 17.2 Å². The van der Waals surface area contributed by atoms with Crippen LogP contribution < -0.4 is 5.32 Å². The van der Waals surface area contributed by atoms with Gasteiger partial charge in [0.15, 0.2) is 0 Å². The quantitative estimate of drug-likeness (QED) is 0.822. The standard InChI is InChI=1S/C16H24N2O2S/c1-11(2)10-20-9-8-18-14(13-5-4-12(3)21-13)17-16(6-7-16)15(18)19/h4-5,11,14,17H,6-10H2,1-3H3. The summed E-state index contributed by atoms with van der Waals surface area (Å²) in [6.07, 6.45) is 1.97. The van der Waals surface area contributed by atoms with E-state index in [1.165, 1.54) is 9.75 Å². The largest absolute Gasteiger partial charge is 0.379 e. The molecule has 0 bridgehead atoms. The van der Waals surface area contributed by atoms with E-state index in [4.69, 9.17) is 4.74 Å². The average molecular weight is 308 g/mol. The van der Waals surface area contributed by atoms with Gasteiger partial charge in [0.05, 0.1) is 6.61 Å². The number of ether oxygens (including phenoxy) is 1. The number of nitrogens with one attached hydrogen (secondary N) is 1. The number of carbonyl (C=O) groups is 1.